The second-order valence-electron chi connectivity index (χ2n) is 4.89. The average Bonchev–Trinajstić information content (AvgIpc) is 2.25. The average molecular weight is 327 g/mol. The van der Waals surface area contributed by atoms with Crippen molar-refractivity contribution in [2.24, 2.45) is 0 Å². The van der Waals surface area contributed by atoms with Crippen LogP contribution in [0, 0.1) is 0 Å². The Hall–Kier alpha value is -1.56. The molecule has 5 nitrogen and oxygen atoms in total. The number of hydrogen-bond acceptors (Lipinski definition) is 3. The zero-order valence-electron chi connectivity index (χ0n) is 10.3. The Kier molecular flexibility index (Phi) is 3.80. The number of anilines is 1. The van der Waals surface area contributed by atoms with Gasteiger partial charge in [-0.2, -0.15) is 0 Å². The van der Waals surface area contributed by atoms with Crippen LogP contribution in [0.25, 0.3) is 0 Å². The third-order valence-electron chi connectivity index (χ3n) is 3.44. The maximum atomic E-state index is 12.2. The fraction of sp³-hybridized carbons (Fsp3) is 0.385. The van der Waals surface area contributed by atoms with Crippen LogP contribution in [0.2, 0.25) is 0 Å². The zero-order valence-corrected chi connectivity index (χ0v) is 11.9. The van der Waals surface area contributed by atoms with Crippen molar-refractivity contribution in [3.63, 3.8) is 0 Å². The molecule has 0 radical (unpaired) electrons. The van der Waals surface area contributed by atoms with Crippen molar-refractivity contribution >= 4 is 33.5 Å². The molecule has 0 saturated heterocycles. The lowest BCUT2D eigenvalue weighted by molar-refractivity contribution is -0.139. The van der Waals surface area contributed by atoms with Crippen LogP contribution in [-0.2, 0) is 4.79 Å². The topological polar surface area (TPSA) is 92.4 Å². The van der Waals surface area contributed by atoms with E-state index < -0.39 is 11.5 Å². The fourth-order valence-electron chi connectivity index (χ4n) is 2.29. The molecular weight excluding hydrogens is 312 g/mol. The maximum absolute atomic E-state index is 12.2. The summed E-state index contributed by atoms with van der Waals surface area (Å²) in [7, 11) is 0. The molecule has 0 aliphatic heterocycles. The first-order valence-corrected chi connectivity index (χ1v) is 6.80. The van der Waals surface area contributed by atoms with Gasteiger partial charge in [-0.25, -0.2) is 0 Å². The SMILES string of the molecule is Nc1cc(Br)ccc1C(=O)NC1(CC(=O)O)CCC1. The van der Waals surface area contributed by atoms with Gasteiger partial charge in [0.15, 0.2) is 0 Å². The van der Waals surface area contributed by atoms with Gasteiger partial charge in [0.1, 0.15) is 0 Å². The van der Waals surface area contributed by atoms with Crippen molar-refractivity contribution < 1.29 is 14.7 Å². The normalized spacial score (nSPS) is 16.5. The standard InChI is InChI=1S/C13H15BrN2O3/c14-8-2-3-9(10(15)6-8)12(19)16-13(4-1-5-13)7-11(17)18/h2-3,6H,1,4-5,7,15H2,(H,16,19)(H,17,18). The predicted molar refractivity (Wildman–Crippen MR) is 74.9 cm³/mol. The fourth-order valence-corrected chi connectivity index (χ4v) is 2.67. The van der Waals surface area contributed by atoms with E-state index in [1.165, 1.54) is 0 Å². The molecule has 1 fully saturated rings. The number of amides is 1. The monoisotopic (exact) mass is 326 g/mol. The van der Waals surface area contributed by atoms with E-state index in [9.17, 15) is 9.59 Å². The summed E-state index contributed by atoms with van der Waals surface area (Å²) in [4.78, 5) is 23.0. The molecule has 1 amide bonds. The van der Waals surface area contributed by atoms with E-state index >= 15 is 0 Å². The Labute approximate surface area is 119 Å². The van der Waals surface area contributed by atoms with E-state index in [0.717, 1.165) is 10.9 Å². The van der Waals surface area contributed by atoms with Crippen LogP contribution in [-0.4, -0.2) is 22.5 Å². The largest absolute Gasteiger partial charge is 0.481 e. The van der Waals surface area contributed by atoms with Gasteiger partial charge in [-0.15, -0.1) is 0 Å². The second-order valence-corrected chi connectivity index (χ2v) is 5.81. The minimum atomic E-state index is -0.899. The van der Waals surface area contributed by atoms with Crippen molar-refractivity contribution in [1.29, 1.82) is 0 Å². The van der Waals surface area contributed by atoms with Gasteiger partial charge in [0.2, 0.25) is 0 Å². The molecule has 4 N–H and O–H groups in total. The highest BCUT2D eigenvalue weighted by Gasteiger charge is 2.40. The van der Waals surface area contributed by atoms with Crippen LogP contribution in [0.15, 0.2) is 22.7 Å². The Balaban J connectivity index is 2.13. The molecule has 2 rings (SSSR count). The molecule has 0 atom stereocenters. The molecule has 0 bridgehead atoms. The number of nitrogens with two attached hydrogens (primary N) is 1. The van der Waals surface area contributed by atoms with Gasteiger partial charge < -0.3 is 16.2 Å². The summed E-state index contributed by atoms with van der Waals surface area (Å²) in [5.74, 6) is -1.21. The number of carbonyl (C=O) groups is 2. The second kappa shape index (κ2) is 5.21. The van der Waals surface area contributed by atoms with Crippen molar-refractivity contribution in [3.05, 3.63) is 28.2 Å². The Bertz CT molecular complexity index is 527. The molecule has 1 saturated carbocycles. The van der Waals surface area contributed by atoms with E-state index in [1.807, 2.05) is 0 Å². The van der Waals surface area contributed by atoms with Crippen molar-refractivity contribution in [1.82, 2.24) is 5.32 Å². The number of carboxylic acid groups (broad SMARTS) is 1. The lowest BCUT2D eigenvalue weighted by Crippen LogP contribution is -2.54. The molecule has 1 aromatic rings. The van der Waals surface area contributed by atoms with Crippen LogP contribution in [0.4, 0.5) is 5.69 Å². The molecule has 1 aliphatic rings. The third-order valence-corrected chi connectivity index (χ3v) is 3.93. The zero-order chi connectivity index (χ0) is 14.0. The van der Waals surface area contributed by atoms with Crippen LogP contribution in [0.3, 0.4) is 0 Å². The minimum absolute atomic E-state index is 0.0465. The molecule has 1 aliphatic carbocycles. The highest BCUT2D eigenvalue weighted by Crippen LogP contribution is 2.35. The summed E-state index contributed by atoms with van der Waals surface area (Å²) in [5, 5.41) is 11.7. The van der Waals surface area contributed by atoms with Crippen molar-refractivity contribution in [2.45, 2.75) is 31.2 Å². The number of carbonyl (C=O) groups excluding carboxylic acids is 1. The highest BCUT2D eigenvalue weighted by molar-refractivity contribution is 9.10. The molecular formula is C13H15BrN2O3. The predicted octanol–water partition coefficient (Wildman–Crippen LogP) is 2.16. The molecule has 0 spiro atoms. The first kappa shape index (κ1) is 13.9. The molecule has 0 aromatic heterocycles. The number of nitrogen functional groups attached to an aromatic ring is 1. The molecule has 102 valence electrons. The van der Waals surface area contributed by atoms with E-state index in [2.05, 4.69) is 21.2 Å². The lowest BCUT2D eigenvalue weighted by Gasteiger charge is -2.41. The van der Waals surface area contributed by atoms with Crippen LogP contribution >= 0.6 is 15.9 Å². The molecule has 1 aromatic carbocycles. The Morgan fingerprint density at radius 1 is 1.42 bits per heavy atom. The number of hydrogen-bond donors (Lipinski definition) is 3. The number of carboxylic acids is 1. The quantitative estimate of drug-likeness (QED) is 0.739. The lowest BCUT2D eigenvalue weighted by atomic mass is 9.74. The number of rotatable bonds is 4. The Morgan fingerprint density at radius 3 is 2.58 bits per heavy atom. The van der Waals surface area contributed by atoms with E-state index in [4.69, 9.17) is 10.8 Å². The number of nitrogens with one attached hydrogen (secondary N) is 1. The molecule has 19 heavy (non-hydrogen) atoms. The summed E-state index contributed by atoms with van der Waals surface area (Å²) >= 11 is 3.27. The number of aliphatic carboxylic acids is 1. The van der Waals surface area contributed by atoms with Crippen LogP contribution in [0.5, 0.6) is 0 Å². The summed E-state index contributed by atoms with van der Waals surface area (Å²) in [5.41, 5.74) is 5.93. The highest BCUT2D eigenvalue weighted by atomic mass is 79.9. The Morgan fingerprint density at radius 2 is 2.11 bits per heavy atom. The van der Waals surface area contributed by atoms with E-state index in [-0.39, 0.29) is 12.3 Å². The van der Waals surface area contributed by atoms with Crippen LogP contribution in [0.1, 0.15) is 36.0 Å². The van der Waals surface area contributed by atoms with Crippen molar-refractivity contribution in [3.8, 4) is 0 Å². The van der Waals surface area contributed by atoms with Gasteiger partial charge in [-0.3, -0.25) is 9.59 Å². The van der Waals surface area contributed by atoms with Crippen molar-refractivity contribution in [2.75, 3.05) is 5.73 Å². The first-order valence-electron chi connectivity index (χ1n) is 6.01. The summed E-state index contributed by atoms with van der Waals surface area (Å²) < 4.78 is 0.797. The van der Waals surface area contributed by atoms with Gasteiger partial charge in [0.05, 0.1) is 17.5 Å². The van der Waals surface area contributed by atoms with E-state index in [1.54, 1.807) is 18.2 Å². The number of halogens is 1. The molecule has 0 heterocycles. The molecule has 6 heteroatoms. The maximum Gasteiger partial charge on any atom is 0.305 e. The number of benzene rings is 1. The first-order chi connectivity index (χ1) is 8.92. The van der Waals surface area contributed by atoms with Gasteiger partial charge in [0, 0.05) is 10.2 Å². The van der Waals surface area contributed by atoms with Gasteiger partial charge in [-0.1, -0.05) is 15.9 Å². The third kappa shape index (κ3) is 3.07. The van der Waals surface area contributed by atoms with Gasteiger partial charge in [0.25, 0.3) is 5.91 Å². The minimum Gasteiger partial charge on any atom is -0.481 e. The van der Waals surface area contributed by atoms with Gasteiger partial charge >= 0.3 is 5.97 Å². The summed E-state index contributed by atoms with van der Waals surface area (Å²) in [6.45, 7) is 0. The molecule has 0 unspecified atom stereocenters. The summed E-state index contributed by atoms with van der Waals surface area (Å²) in [6, 6.07) is 5.01. The smallest absolute Gasteiger partial charge is 0.305 e. The van der Waals surface area contributed by atoms with Crippen LogP contribution < -0.4 is 11.1 Å². The van der Waals surface area contributed by atoms with Gasteiger partial charge in [-0.05, 0) is 37.5 Å². The summed E-state index contributed by atoms with van der Waals surface area (Å²) in [6.07, 6.45) is 2.28. The van der Waals surface area contributed by atoms with E-state index in [0.29, 0.717) is 24.1 Å².